The van der Waals surface area contributed by atoms with E-state index in [1.54, 1.807) is 12.1 Å². The van der Waals surface area contributed by atoms with Gasteiger partial charge in [-0.1, -0.05) is 31.4 Å². The lowest BCUT2D eigenvalue weighted by Gasteiger charge is -2.28. The molecule has 2 fully saturated rings. The number of rotatable bonds is 4. The van der Waals surface area contributed by atoms with Gasteiger partial charge >= 0.3 is 6.09 Å². The zero-order valence-corrected chi connectivity index (χ0v) is 14.9. The van der Waals surface area contributed by atoms with Crippen molar-refractivity contribution in [2.24, 2.45) is 5.92 Å². The summed E-state index contributed by atoms with van der Waals surface area (Å²) in [5, 5.41) is 0. The lowest BCUT2D eigenvalue weighted by atomic mass is 9.79. The van der Waals surface area contributed by atoms with Gasteiger partial charge in [0.25, 0.3) is 11.8 Å². The molecule has 7 heteroatoms. The normalized spacial score (nSPS) is 17.7. The monoisotopic (exact) mass is 366 g/mol. The molecule has 5 nitrogen and oxygen atoms in total. The summed E-state index contributed by atoms with van der Waals surface area (Å²) in [5.74, 6) is -3.60. The van der Waals surface area contributed by atoms with Crippen molar-refractivity contribution in [1.82, 2.24) is 10.4 Å². The average molecular weight is 366 g/mol. The Kier molecular flexibility index (Phi) is 5.44. The highest BCUT2D eigenvalue weighted by atomic mass is 19.3. The third-order valence-electron chi connectivity index (χ3n) is 5.16. The first-order chi connectivity index (χ1) is 12.4. The van der Waals surface area contributed by atoms with Crippen LogP contribution in [0.5, 0.6) is 0 Å². The Morgan fingerprint density at radius 1 is 1.23 bits per heavy atom. The Balaban J connectivity index is 1.75. The van der Waals surface area contributed by atoms with E-state index >= 15 is 0 Å². The third kappa shape index (κ3) is 4.14. The van der Waals surface area contributed by atoms with Crippen LogP contribution in [0.3, 0.4) is 0 Å². The number of nitrogens with zero attached hydrogens (tertiary/aromatic N) is 1. The molecule has 0 unspecified atom stereocenters. The van der Waals surface area contributed by atoms with Gasteiger partial charge in [-0.05, 0) is 36.8 Å². The zero-order chi connectivity index (χ0) is 18.7. The minimum atomic E-state index is -3.16. The Morgan fingerprint density at radius 3 is 2.50 bits per heavy atom. The number of hydrogen-bond donors (Lipinski definition) is 1. The van der Waals surface area contributed by atoms with E-state index in [0.717, 1.165) is 39.0 Å². The quantitative estimate of drug-likeness (QED) is 0.819. The lowest BCUT2D eigenvalue weighted by Crippen LogP contribution is -2.36. The summed E-state index contributed by atoms with van der Waals surface area (Å²) in [6, 6.07) is 4.59. The van der Waals surface area contributed by atoms with Crippen LogP contribution in [0, 0.1) is 5.92 Å². The molecule has 0 aromatic heterocycles. The molecule has 1 aliphatic carbocycles. The third-order valence-corrected chi connectivity index (χ3v) is 5.16. The second kappa shape index (κ2) is 7.60. The number of nitrogens with one attached hydrogen (secondary N) is 1. The fraction of sp³-hybridized carbons (Fsp3) is 0.579. The molecule has 1 saturated heterocycles. The van der Waals surface area contributed by atoms with Crippen LogP contribution in [0.4, 0.5) is 13.6 Å². The Labute approximate surface area is 151 Å². The van der Waals surface area contributed by atoms with Gasteiger partial charge in [-0.2, -0.15) is 5.48 Å². The van der Waals surface area contributed by atoms with Crippen molar-refractivity contribution in [3.8, 4) is 0 Å². The number of halogens is 2. The molecule has 1 aromatic carbocycles. The van der Waals surface area contributed by atoms with Crippen LogP contribution in [0.15, 0.2) is 18.2 Å². The van der Waals surface area contributed by atoms with E-state index in [0.29, 0.717) is 31.0 Å². The summed E-state index contributed by atoms with van der Waals surface area (Å²) >= 11 is 0. The highest BCUT2D eigenvalue weighted by Gasteiger charge is 2.34. The van der Waals surface area contributed by atoms with Gasteiger partial charge in [0.2, 0.25) is 0 Å². The second-order valence-corrected chi connectivity index (χ2v) is 7.22. The SMILES string of the molecule is CC(F)(F)c1c(CC2CCC2)cccc1C(=O)NOC(=O)N1CCCC1. The first-order valence-corrected chi connectivity index (χ1v) is 9.12. The van der Waals surface area contributed by atoms with Crippen LogP contribution in [-0.2, 0) is 17.2 Å². The first kappa shape index (κ1) is 18.6. The molecule has 1 aliphatic heterocycles. The van der Waals surface area contributed by atoms with E-state index in [1.807, 2.05) is 5.48 Å². The van der Waals surface area contributed by atoms with E-state index in [1.165, 1.54) is 11.0 Å². The molecule has 1 aromatic rings. The van der Waals surface area contributed by atoms with E-state index < -0.39 is 17.9 Å². The number of alkyl halides is 2. The van der Waals surface area contributed by atoms with Crippen molar-refractivity contribution < 1.29 is 23.2 Å². The van der Waals surface area contributed by atoms with Crippen molar-refractivity contribution in [1.29, 1.82) is 0 Å². The van der Waals surface area contributed by atoms with Crippen LogP contribution in [0.2, 0.25) is 0 Å². The first-order valence-electron chi connectivity index (χ1n) is 9.12. The maximum absolute atomic E-state index is 14.3. The number of likely N-dealkylation sites (tertiary alicyclic amines) is 1. The maximum Gasteiger partial charge on any atom is 0.434 e. The highest BCUT2D eigenvalue weighted by molar-refractivity contribution is 5.96. The van der Waals surface area contributed by atoms with Gasteiger partial charge in [0.05, 0.1) is 5.56 Å². The van der Waals surface area contributed by atoms with Crippen LogP contribution >= 0.6 is 0 Å². The summed E-state index contributed by atoms with van der Waals surface area (Å²) in [4.78, 5) is 30.6. The van der Waals surface area contributed by atoms with Crippen molar-refractivity contribution in [2.75, 3.05) is 13.1 Å². The van der Waals surface area contributed by atoms with Gasteiger partial charge in [0.15, 0.2) is 0 Å². The largest absolute Gasteiger partial charge is 0.434 e. The van der Waals surface area contributed by atoms with Gasteiger partial charge < -0.3 is 9.74 Å². The van der Waals surface area contributed by atoms with Crippen molar-refractivity contribution in [3.63, 3.8) is 0 Å². The number of hydroxylamine groups is 1. The Morgan fingerprint density at radius 2 is 1.92 bits per heavy atom. The standard InChI is InChI=1S/C19H24F2N2O3/c1-19(20,21)16-14(12-13-6-4-7-13)8-5-9-15(16)17(24)22-26-18(25)23-10-2-3-11-23/h5,8-9,13H,2-4,6-7,10-12H2,1H3,(H,22,24). The van der Waals surface area contributed by atoms with Crippen LogP contribution in [-0.4, -0.2) is 30.0 Å². The summed E-state index contributed by atoms with van der Waals surface area (Å²) in [5.41, 5.74) is 2.09. The van der Waals surface area contributed by atoms with E-state index in [4.69, 9.17) is 4.84 Å². The second-order valence-electron chi connectivity index (χ2n) is 7.22. The maximum atomic E-state index is 14.3. The number of hydrogen-bond acceptors (Lipinski definition) is 3. The van der Waals surface area contributed by atoms with Crippen molar-refractivity contribution in [2.45, 2.75) is 51.4 Å². The lowest BCUT2D eigenvalue weighted by molar-refractivity contribution is 0.0139. The molecule has 0 atom stereocenters. The van der Waals surface area contributed by atoms with Gasteiger partial charge in [0.1, 0.15) is 0 Å². The average Bonchev–Trinajstić information content (AvgIpc) is 3.09. The molecule has 0 spiro atoms. The summed E-state index contributed by atoms with van der Waals surface area (Å²) < 4.78 is 28.5. The molecular formula is C19H24F2N2O3. The van der Waals surface area contributed by atoms with Crippen LogP contribution in [0.25, 0.3) is 0 Å². The minimum absolute atomic E-state index is 0.149. The number of carbonyl (C=O) groups excluding carboxylic acids is 2. The van der Waals surface area contributed by atoms with E-state index in [9.17, 15) is 18.4 Å². The fourth-order valence-electron chi connectivity index (χ4n) is 3.60. The molecular weight excluding hydrogens is 342 g/mol. The predicted octanol–water partition coefficient (Wildman–Crippen LogP) is 4.02. The molecule has 1 saturated carbocycles. The van der Waals surface area contributed by atoms with Crippen LogP contribution < -0.4 is 5.48 Å². The number of benzene rings is 1. The minimum Gasteiger partial charge on any atom is -0.321 e. The Bertz CT molecular complexity index is 678. The molecule has 142 valence electrons. The van der Waals surface area contributed by atoms with Gasteiger partial charge in [-0.15, -0.1) is 0 Å². The molecule has 0 radical (unpaired) electrons. The zero-order valence-electron chi connectivity index (χ0n) is 14.9. The van der Waals surface area contributed by atoms with Crippen molar-refractivity contribution >= 4 is 12.0 Å². The van der Waals surface area contributed by atoms with Crippen molar-refractivity contribution in [3.05, 3.63) is 34.9 Å². The topological polar surface area (TPSA) is 58.6 Å². The number of carbonyl (C=O) groups is 2. The predicted molar refractivity (Wildman–Crippen MR) is 91.8 cm³/mol. The van der Waals surface area contributed by atoms with Gasteiger partial charge in [-0.25, -0.2) is 13.6 Å². The van der Waals surface area contributed by atoms with Gasteiger partial charge in [0, 0.05) is 25.6 Å². The Hall–Kier alpha value is -2.18. The molecule has 0 bridgehead atoms. The summed E-state index contributed by atoms with van der Waals surface area (Å²) in [6.45, 7) is 1.94. The molecule has 2 aliphatic rings. The highest BCUT2D eigenvalue weighted by Crippen LogP contribution is 2.37. The van der Waals surface area contributed by atoms with Crippen LogP contribution in [0.1, 0.15) is 60.5 Å². The summed E-state index contributed by atoms with van der Waals surface area (Å²) in [6.07, 6.45) is 4.82. The fourth-order valence-corrected chi connectivity index (χ4v) is 3.60. The molecule has 1 heterocycles. The molecule has 1 N–H and O–H groups in total. The smallest absolute Gasteiger partial charge is 0.321 e. The van der Waals surface area contributed by atoms with E-state index in [-0.39, 0.29) is 11.1 Å². The molecule has 26 heavy (non-hydrogen) atoms. The molecule has 2 amide bonds. The molecule has 3 rings (SSSR count). The number of amides is 2. The van der Waals surface area contributed by atoms with E-state index in [2.05, 4.69) is 0 Å². The summed E-state index contributed by atoms with van der Waals surface area (Å²) in [7, 11) is 0. The van der Waals surface area contributed by atoms with Gasteiger partial charge in [-0.3, -0.25) is 4.79 Å².